The fourth-order valence-electron chi connectivity index (χ4n) is 2.43. The zero-order valence-electron chi connectivity index (χ0n) is 13.5. The molecule has 0 aliphatic carbocycles. The van der Waals surface area contributed by atoms with Gasteiger partial charge in [-0.1, -0.05) is 17.3 Å². The third-order valence-electron chi connectivity index (χ3n) is 3.67. The van der Waals surface area contributed by atoms with Crippen LogP contribution in [0.5, 0.6) is 11.6 Å². The molecular formula is C17H18BrN3O3. The summed E-state index contributed by atoms with van der Waals surface area (Å²) in [4.78, 5) is 11.9. The van der Waals surface area contributed by atoms with E-state index in [1.165, 1.54) is 0 Å². The zero-order valence-corrected chi connectivity index (χ0v) is 15.1. The Kier molecular flexibility index (Phi) is 5.20. The van der Waals surface area contributed by atoms with Crippen molar-refractivity contribution in [2.75, 3.05) is 27.4 Å². The summed E-state index contributed by atoms with van der Waals surface area (Å²) >= 11 is 3.41. The lowest BCUT2D eigenvalue weighted by atomic mass is 10.2. The number of pyridine rings is 1. The van der Waals surface area contributed by atoms with E-state index in [9.17, 15) is 0 Å². The molecule has 6 nitrogen and oxygen atoms in total. The largest absolute Gasteiger partial charge is 0.497 e. The van der Waals surface area contributed by atoms with Crippen molar-refractivity contribution in [3.8, 4) is 11.6 Å². The Hall–Kier alpha value is -2.28. The van der Waals surface area contributed by atoms with E-state index in [1.54, 1.807) is 14.2 Å². The van der Waals surface area contributed by atoms with Gasteiger partial charge in [0, 0.05) is 6.54 Å². The number of oxime groups is 1. The van der Waals surface area contributed by atoms with Crippen LogP contribution in [-0.2, 0) is 11.4 Å². The predicted molar refractivity (Wildman–Crippen MR) is 94.4 cm³/mol. The van der Waals surface area contributed by atoms with E-state index < -0.39 is 0 Å². The van der Waals surface area contributed by atoms with Crippen LogP contribution in [0.25, 0.3) is 0 Å². The number of nitrogens with zero attached hydrogens (tertiary/aromatic N) is 3. The third-order valence-corrected chi connectivity index (χ3v) is 4.28. The summed E-state index contributed by atoms with van der Waals surface area (Å²) in [6, 6.07) is 11.8. The molecule has 1 aromatic carbocycles. The lowest BCUT2D eigenvalue weighted by Gasteiger charge is -2.28. The van der Waals surface area contributed by atoms with Crippen molar-refractivity contribution in [1.82, 2.24) is 9.88 Å². The standard InChI is InChI=1S/C17H18BrN3O3/c1-22-13-5-3-12(4-6-13)11-21-9-10-24-20-16(21)15-8-7-14(18)17(19-15)23-2/h3-8H,9-11H2,1-2H3. The summed E-state index contributed by atoms with van der Waals surface area (Å²) in [6.07, 6.45) is 0. The Morgan fingerprint density at radius 1 is 1.12 bits per heavy atom. The van der Waals surface area contributed by atoms with Crippen molar-refractivity contribution in [2.45, 2.75) is 6.54 Å². The van der Waals surface area contributed by atoms with Gasteiger partial charge in [-0.05, 0) is 45.8 Å². The molecule has 0 unspecified atom stereocenters. The van der Waals surface area contributed by atoms with Gasteiger partial charge in [0.05, 0.1) is 25.2 Å². The monoisotopic (exact) mass is 391 g/mol. The van der Waals surface area contributed by atoms with Gasteiger partial charge >= 0.3 is 0 Å². The van der Waals surface area contributed by atoms with Crippen molar-refractivity contribution in [2.24, 2.45) is 5.16 Å². The molecular weight excluding hydrogens is 374 g/mol. The average molecular weight is 392 g/mol. The minimum absolute atomic E-state index is 0.519. The summed E-state index contributed by atoms with van der Waals surface area (Å²) in [5, 5.41) is 4.20. The van der Waals surface area contributed by atoms with Crippen molar-refractivity contribution in [3.05, 3.63) is 52.1 Å². The predicted octanol–water partition coefficient (Wildman–Crippen LogP) is 3.06. The second kappa shape index (κ2) is 7.53. The second-order valence-corrected chi connectivity index (χ2v) is 6.06. The van der Waals surface area contributed by atoms with Gasteiger partial charge in [-0.2, -0.15) is 0 Å². The topological polar surface area (TPSA) is 56.2 Å². The SMILES string of the molecule is COc1ccc(CN2CCON=C2c2ccc(Br)c(OC)n2)cc1. The van der Waals surface area contributed by atoms with Crippen LogP contribution in [-0.4, -0.2) is 43.1 Å². The highest BCUT2D eigenvalue weighted by Gasteiger charge is 2.21. The molecule has 3 rings (SSSR count). The van der Waals surface area contributed by atoms with Crippen molar-refractivity contribution in [1.29, 1.82) is 0 Å². The van der Waals surface area contributed by atoms with Gasteiger partial charge in [-0.3, -0.25) is 0 Å². The number of hydrogen-bond donors (Lipinski definition) is 0. The Morgan fingerprint density at radius 3 is 2.62 bits per heavy atom. The zero-order chi connectivity index (χ0) is 16.9. The van der Waals surface area contributed by atoms with Gasteiger partial charge in [-0.25, -0.2) is 4.98 Å². The van der Waals surface area contributed by atoms with Crippen LogP contribution in [0.3, 0.4) is 0 Å². The summed E-state index contributed by atoms with van der Waals surface area (Å²) in [6.45, 7) is 2.00. The van der Waals surface area contributed by atoms with Crippen LogP contribution in [0, 0.1) is 0 Å². The normalized spacial score (nSPS) is 14.0. The molecule has 0 N–H and O–H groups in total. The summed E-state index contributed by atoms with van der Waals surface area (Å²) < 4.78 is 11.3. The molecule has 1 aliphatic rings. The molecule has 0 atom stereocenters. The molecule has 0 radical (unpaired) electrons. The van der Waals surface area contributed by atoms with Crippen LogP contribution in [0.4, 0.5) is 0 Å². The second-order valence-electron chi connectivity index (χ2n) is 5.21. The molecule has 2 heterocycles. The van der Waals surface area contributed by atoms with Gasteiger partial charge in [0.25, 0.3) is 0 Å². The molecule has 1 aromatic heterocycles. The van der Waals surface area contributed by atoms with Gasteiger partial charge in [0.1, 0.15) is 18.1 Å². The molecule has 0 saturated heterocycles. The number of ether oxygens (including phenoxy) is 2. The van der Waals surface area contributed by atoms with Gasteiger partial charge in [-0.15, -0.1) is 0 Å². The Bertz CT molecular complexity index is 734. The molecule has 0 bridgehead atoms. The van der Waals surface area contributed by atoms with Crippen molar-refractivity contribution >= 4 is 21.8 Å². The lowest BCUT2D eigenvalue weighted by Crippen LogP contribution is -2.37. The molecule has 1 aliphatic heterocycles. The van der Waals surface area contributed by atoms with Crippen LogP contribution >= 0.6 is 15.9 Å². The van der Waals surface area contributed by atoms with Crippen molar-refractivity contribution < 1.29 is 14.3 Å². The van der Waals surface area contributed by atoms with Crippen LogP contribution in [0.15, 0.2) is 46.0 Å². The van der Waals surface area contributed by atoms with Crippen LogP contribution in [0.2, 0.25) is 0 Å². The molecule has 0 fully saturated rings. The number of rotatable bonds is 5. The smallest absolute Gasteiger partial charge is 0.228 e. The minimum atomic E-state index is 0.519. The number of aromatic nitrogens is 1. The Balaban J connectivity index is 1.84. The summed E-state index contributed by atoms with van der Waals surface area (Å²) in [7, 11) is 3.25. The quantitative estimate of drug-likeness (QED) is 0.783. The number of halogens is 1. The van der Waals surface area contributed by atoms with E-state index in [2.05, 4.69) is 31.0 Å². The van der Waals surface area contributed by atoms with E-state index in [-0.39, 0.29) is 0 Å². The van der Waals surface area contributed by atoms with Crippen LogP contribution < -0.4 is 9.47 Å². The maximum absolute atomic E-state index is 5.28. The molecule has 0 saturated carbocycles. The fourth-order valence-corrected chi connectivity index (χ4v) is 2.81. The molecule has 126 valence electrons. The summed E-state index contributed by atoms with van der Waals surface area (Å²) in [5.41, 5.74) is 1.87. The Morgan fingerprint density at radius 2 is 1.92 bits per heavy atom. The average Bonchev–Trinajstić information content (AvgIpc) is 2.63. The maximum atomic E-state index is 5.28. The van der Waals surface area contributed by atoms with Gasteiger partial charge < -0.3 is 19.2 Å². The van der Waals surface area contributed by atoms with E-state index in [0.717, 1.165) is 22.3 Å². The highest BCUT2D eigenvalue weighted by molar-refractivity contribution is 9.10. The minimum Gasteiger partial charge on any atom is -0.497 e. The first kappa shape index (κ1) is 16.6. The first-order chi connectivity index (χ1) is 11.7. The number of methoxy groups -OCH3 is 2. The number of amidine groups is 1. The highest BCUT2D eigenvalue weighted by atomic mass is 79.9. The number of hydrogen-bond acceptors (Lipinski definition) is 6. The van der Waals surface area contributed by atoms with Crippen molar-refractivity contribution in [3.63, 3.8) is 0 Å². The molecule has 2 aromatic rings. The number of benzene rings is 1. The van der Waals surface area contributed by atoms with E-state index in [0.29, 0.717) is 30.6 Å². The van der Waals surface area contributed by atoms with Gasteiger partial charge in [0.15, 0.2) is 5.84 Å². The van der Waals surface area contributed by atoms with E-state index in [4.69, 9.17) is 14.3 Å². The maximum Gasteiger partial charge on any atom is 0.228 e. The summed E-state index contributed by atoms with van der Waals surface area (Å²) in [5.74, 6) is 2.06. The lowest BCUT2D eigenvalue weighted by molar-refractivity contribution is 0.100. The fraction of sp³-hybridized carbons (Fsp3) is 0.294. The molecule has 0 amide bonds. The first-order valence-corrected chi connectivity index (χ1v) is 8.29. The molecule has 24 heavy (non-hydrogen) atoms. The third kappa shape index (κ3) is 3.62. The van der Waals surface area contributed by atoms with E-state index in [1.807, 2.05) is 36.4 Å². The molecule has 7 heteroatoms. The highest BCUT2D eigenvalue weighted by Crippen LogP contribution is 2.24. The van der Waals surface area contributed by atoms with Crippen LogP contribution in [0.1, 0.15) is 11.3 Å². The Labute approximate surface area is 149 Å². The first-order valence-electron chi connectivity index (χ1n) is 7.50. The van der Waals surface area contributed by atoms with Gasteiger partial charge in [0.2, 0.25) is 5.88 Å². The molecule has 0 spiro atoms. The van der Waals surface area contributed by atoms with E-state index >= 15 is 0 Å².